The summed E-state index contributed by atoms with van der Waals surface area (Å²) in [4.78, 5) is 47.8. The Balaban J connectivity index is 1.65. The normalized spacial score (nSPS) is 10.6. The van der Waals surface area contributed by atoms with Crippen LogP contribution in [0.5, 0.6) is 0 Å². The van der Waals surface area contributed by atoms with Crippen LogP contribution in [0.3, 0.4) is 0 Å². The van der Waals surface area contributed by atoms with Gasteiger partial charge in [0, 0.05) is 11.4 Å². The van der Waals surface area contributed by atoms with E-state index in [0.717, 1.165) is 0 Å². The molecule has 0 unspecified atom stereocenters. The van der Waals surface area contributed by atoms with Gasteiger partial charge in [-0.1, -0.05) is 0 Å². The number of aromatic amines is 2. The van der Waals surface area contributed by atoms with E-state index in [4.69, 9.17) is 10.2 Å². The van der Waals surface area contributed by atoms with Crippen LogP contribution in [0, 0.1) is 13.8 Å². The highest BCUT2D eigenvalue weighted by molar-refractivity contribution is 5.88. The van der Waals surface area contributed by atoms with E-state index in [1.807, 2.05) is 0 Å². The van der Waals surface area contributed by atoms with Crippen LogP contribution >= 0.6 is 0 Å². The first-order chi connectivity index (χ1) is 16.7. The monoisotopic (exact) mass is 472 g/mol. The van der Waals surface area contributed by atoms with Gasteiger partial charge in [0.05, 0.1) is 33.6 Å². The number of H-pyrrole nitrogens is 2. The van der Waals surface area contributed by atoms with E-state index >= 15 is 0 Å². The van der Waals surface area contributed by atoms with Crippen LogP contribution in [-0.2, 0) is 0 Å². The third kappa shape index (κ3) is 4.41. The van der Waals surface area contributed by atoms with Gasteiger partial charge in [-0.3, -0.25) is 19.8 Å². The number of aromatic nitrogens is 4. The molecule has 2 aromatic carbocycles. The predicted octanol–water partition coefficient (Wildman–Crippen LogP) is 2.98. The third-order valence-electron chi connectivity index (χ3n) is 5.43. The Kier molecular flexibility index (Phi) is 5.97. The summed E-state index contributed by atoms with van der Waals surface area (Å²) < 4.78 is 2.59. The molecular formula is C25H20N4O6. The molecule has 0 aliphatic heterocycles. The topological polar surface area (TPSA) is 150 Å². The van der Waals surface area contributed by atoms with Crippen molar-refractivity contribution in [2.24, 2.45) is 0 Å². The quantitative estimate of drug-likeness (QED) is 0.317. The van der Waals surface area contributed by atoms with E-state index < -0.39 is 11.9 Å². The summed E-state index contributed by atoms with van der Waals surface area (Å²) in [6.45, 7) is 3.43. The van der Waals surface area contributed by atoms with Gasteiger partial charge in [0.15, 0.2) is 0 Å². The second-order valence-corrected chi connectivity index (χ2v) is 7.74. The van der Waals surface area contributed by atoms with Crippen molar-refractivity contribution in [2.75, 3.05) is 0 Å². The van der Waals surface area contributed by atoms with Crippen LogP contribution < -0.4 is 11.1 Å². The lowest BCUT2D eigenvalue weighted by Crippen LogP contribution is -2.16. The molecule has 0 fully saturated rings. The number of rotatable bonds is 6. The van der Waals surface area contributed by atoms with Crippen LogP contribution in [0.1, 0.15) is 43.2 Å². The summed E-state index contributed by atoms with van der Waals surface area (Å²) in [7, 11) is 0. The second-order valence-electron chi connectivity index (χ2n) is 7.74. The number of carbonyl (C=O) groups is 2. The maximum atomic E-state index is 12.9. The van der Waals surface area contributed by atoms with Crippen molar-refractivity contribution in [3.05, 3.63) is 109 Å². The molecule has 176 valence electrons. The first kappa shape index (κ1) is 23.1. The molecule has 10 heteroatoms. The minimum Gasteiger partial charge on any atom is -0.478 e. The molecule has 4 aromatic rings. The Morgan fingerprint density at radius 2 is 1.06 bits per heavy atom. The molecular weight excluding hydrogens is 452 g/mol. The van der Waals surface area contributed by atoms with Crippen molar-refractivity contribution >= 4 is 24.1 Å². The molecule has 0 saturated heterocycles. The number of carboxylic acid groups (broad SMARTS) is 2. The Bertz CT molecular complexity index is 1500. The Morgan fingerprint density at radius 3 is 1.37 bits per heavy atom. The zero-order valence-electron chi connectivity index (χ0n) is 18.7. The summed E-state index contributed by atoms with van der Waals surface area (Å²) in [5, 5.41) is 24.0. The molecule has 0 spiro atoms. The smallest absolute Gasteiger partial charge is 0.335 e. The standard InChI is InChI=1S/C25H20N4O6/c1-14-20(22(30)28(26-14)18-10-6-16(7-11-18)24(32)33)4-3-5-21-15(2)27-29(23(21)31)19-12-8-17(9-13-19)25(34)35/h4-13,26-27H,1-2H3,(H,32,33)(H,34,35). The van der Waals surface area contributed by atoms with Gasteiger partial charge in [-0.05, 0) is 74.5 Å². The zero-order valence-corrected chi connectivity index (χ0v) is 18.7. The molecule has 4 N–H and O–H groups in total. The van der Waals surface area contributed by atoms with Crippen molar-refractivity contribution < 1.29 is 19.8 Å². The summed E-state index contributed by atoms with van der Waals surface area (Å²) >= 11 is 0. The van der Waals surface area contributed by atoms with Crippen molar-refractivity contribution in [1.82, 2.24) is 19.6 Å². The van der Waals surface area contributed by atoms with Crippen molar-refractivity contribution in [1.29, 1.82) is 0 Å². The van der Waals surface area contributed by atoms with E-state index in [1.54, 1.807) is 13.8 Å². The lowest BCUT2D eigenvalue weighted by Gasteiger charge is -2.01. The first-order valence-electron chi connectivity index (χ1n) is 10.4. The fraction of sp³-hybridized carbons (Fsp3) is 0.0800. The zero-order chi connectivity index (χ0) is 25.3. The number of aryl methyl sites for hydroxylation is 2. The average molecular weight is 472 g/mol. The maximum Gasteiger partial charge on any atom is 0.335 e. The predicted molar refractivity (Wildman–Crippen MR) is 129 cm³/mol. The van der Waals surface area contributed by atoms with Gasteiger partial charge in [0.1, 0.15) is 0 Å². The summed E-state index contributed by atoms with van der Waals surface area (Å²) in [5.41, 5.74) is 5.16. The average Bonchev–Trinajstić information content (AvgIpc) is 3.28. The van der Waals surface area contributed by atoms with E-state index in [1.165, 1.54) is 70.0 Å². The number of carboxylic acids is 2. The number of hydrogen-bond donors (Lipinski definition) is 4. The number of nitrogens with one attached hydrogen (secondary N) is 2. The molecule has 0 atom stereocenters. The molecule has 2 heterocycles. The molecule has 2 aromatic heterocycles. The number of nitrogens with zero attached hydrogens (tertiary/aromatic N) is 2. The van der Waals surface area contributed by atoms with Gasteiger partial charge in [0.25, 0.3) is 11.1 Å². The van der Waals surface area contributed by atoms with Gasteiger partial charge in [-0.2, -0.15) is 0 Å². The molecule has 0 aliphatic rings. The minimum absolute atomic E-state index is 0.110. The molecule has 35 heavy (non-hydrogen) atoms. The van der Waals surface area contributed by atoms with Crippen LogP contribution in [0.25, 0.3) is 23.5 Å². The van der Waals surface area contributed by atoms with Crippen LogP contribution in [-0.4, -0.2) is 41.7 Å². The van der Waals surface area contributed by atoms with Gasteiger partial charge < -0.3 is 10.2 Å². The lowest BCUT2D eigenvalue weighted by molar-refractivity contribution is 0.0686. The third-order valence-corrected chi connectivity index (χ3v) is 5.43. The first-order valence-corrected chi connectivity index (χ1v) is 10.4. The van der Waals surface area contributed by atoms with Crippen molar-refractivity contribution in [3.8, 4) is 11.4 Å². The number of benzene rings is 2. The molecule has 0 radical (unpaired) electrons. The fourth-order valence-electron chi connectivity index (χ4n) is 3.54. The molecule has 0 aliphatic carbocycles. The fourth-order valence-corrected chi connectivity index (χ4v) is 3.54. The van der Waals surface area contributed by atoms with Crippen LogP contribution in [0.15, 0.2) is 63.9 Å². The van der Waals surface area contributed by atoms with E-state index in [9.17, 15) is 19.2 Å². The molecule has 4 rings (SSSR count). The van der Waals surface area contributed by atoms with Crippen LogP contribution in [0.2, 0.25) is 0 Å². The molecule has 0 amide bonds. The maximum absolute atomic E-state index is 12.9. The van der Waals surface area contributed by atoms with Gasteiger partial charge in [-0.25, -0.2) is 19.0 Å². The van der Waals surface area contributed by atoms with Gasteiger partial charge in [-0.15, -0.1) is 5.73 Å². The Morgan fingerprint density at radius 1 is 0.714 bits per heavy atom. The lowest BCUT2D eigenvalue weighted by atomic mass is 10.2. The van der Waals surface area contributed by atoms with Gasteiger partial charge >= 0.3 is 11.9 Å². The largest absolute Gasteiger partial charge is 0.478 e. The van der Waals surface area contributed by atoms with E-state index in [-0.39, 0.29) is 22.2 Å². The van der Waals surface area contributed by atoms with Gasteiger partial charge in [0.2, 0.25) is 0 Å². The molecule has 10 nitrogen and oxygen atoms in total. The van der Waals surface area contributed by atoms with E-state index in [0.29, 0.717) is 33.9 Å². The highest BCUT2D eigenvalue weighted by Gasteiger charge is 2.13. The van der Waals surface area contributed by atoms with E-state index in [2.05, 4.69) is 15.9 Å². The second kappa shape index (κ2) is 9.05. The minimum atomic E-state index is -1.06. The van der Waals surface area contributed by atoms with Crippen molar-refractivity contribution in [3.63, 3.8) is 0 Å². The molecule has 0 bridgehead atoms. The van der Waals surface area contributed by atoms with Crippen molar-refractivity contribution in [2.45, 2.75) is 13.8 Å². The number of aromatic carboxylic acids is 2. The summed E-state index contributed by atoms with van der Waals surface area (Å²) in [6, 6.07) is 11.7. The highest BCUT2D eigenvalue weighted by atomic mass is 16.4. The Labute approximate surface area is 197 Å². The highest BCUT2D eigenvalue weighted by Crippen LogP contribution is 2.12. The number of hydrogen-bond acceptors (Lipinski definition) is 4. The van der Waals surface area contributed by atoms with Crippen LogP contribution in [0.4, 0.5) is 0 Å². The Hall–Kier alpha value is -5.08. The summed E-state index contributed by atoms with van der Waals surface area (Å²) in [5.74, 6) is -2.12. The summed E-state index contributed by atoms with van der Waals surface area (Å²) in [6.07, 6.45) is 2.93. The SMILES string of the molecule is Cc1[nH]n(-c2ccc(C(=O)O)cc2)c(=O)c1C=C=Cc1c(C)[nH]n(-c2ccc(C(=O)O)cc2)c1=O. The molecule has 0 saturated carbocycles.